The maximum atomic E-state index is 12.5. The molecule has 0 saturated heterocycles. The van der Waals surface area contributed by atoms with E-state index in [1.54, 1.807) is 30.3 Å². The predicted molar refractivity (Wildman–Crippen MR) is 94.8 cm³/mol. The highest BCUT2D eigenvalue weighted by Gasteiger charge is 2.13. The van der Waals surface area contributed by atoms with Crippen LogP contribution in [-0.4, -0.2) is 18.2 Å². The summed E-state index contributed by atoms with van der Waals surface area (Å²) >= 11 is 6.52. The van der Waals surface area contributed by atoms with E-state index < -0.39 is 5.76 Å². The van der Waals surface area contributed by atoms with Crippen LogP contribution in [0.3, 0.4) is 0 Å². The number of alkyl halides is 2. The van der Waals surface area contributed by atoms with Crippen molar-refractivity contribution in [2.45, 2.75) is 23.6 Å². The number of hydrogen-bond donors (Lipinski definition) is 2. The molecule has 1 atom stereocenters. The van der Waals surface area contributed by atoms with E-state index in [2.05, 4.69) is 10.6 Å². The Morgan fingerprint density at radius 3 is 2.54 bits per heavy atom. The van der Waals surface area contributed by atoms with Crippen LogP contribution in [0.2, 0.25) is 5.02 Å². The summed E-state index contributed by atoms with van der Waals surface area (Å²) in [4.78, 5) is 12.4. The molecular formula is C17H17ClF2N2OS. The van der Waals surface area contributed by atoms with Crippen LogP contribution < -0.4 is 10.6 Å². The summed E-state index contributed by atoms with van der Waals surface area (Å²) in [7, 11) is 0. The molecular weight excluding hydrogens is 354 g/mol. The molecule has 0 bridgehead atoms. The van der Waals surface area contributed by atoms with Gasteiger partial charge in [0.1, 0.15) is 0 Å². The number of halogens is 3. The molecule has 2 aromatic rings. The van der Waals surface area contributed by atoms with E-state index in [0.717, 1.165) is 5.56 Å². The van der Waals surface area contributed by atoms with Crippen molar-refractivity contribution in [3.05, 3.63) is 59.1 Å². The number of para-hydroxylation sites is 1. The highest BCUT2D eigenvalue weighted by atomic mass is 35.5. The fourth-order valence-corrected chi connectivity index (χ4v) is 3.04. The number of hydrogen-bond acceptors (Lipinski definition) is 3. The van der Waals surface area contributed by atoms with Crippen LogP contribution in [0.4, 0.5) is 14.5 Å². The molecule has 7 heteroatoms. The van der Waals surface area contributed by atoms with Crippen LogP contribution in [0.5, 0.6) is 0 Å². The minimum atomic E-state index is -2.54. The van der Waals surface area contributed by atoms with Gasteiger partial charge in [0.25, 0.3) is 5.76 Å². The lowest BCUT2D eigenvalue weighted by molar-refractivity contribution is -0.115. The molecule has 128 valence electrons. The molecule has 2 rings (SSSR count). The quantitative estimate of drug-likeness (QED) is 0.678. The Morgan fingerprint density at radius 2 is 1.83 bits per heavy atom. The van der Waals surface area contributed by atoms with E-state index in [9.17, 15) is 13.6 Å². The first-order valence-corrected chi connectivity index (χ1v) is 8.54. The monoisotopic (exact) mass is 370 g/mol. The lowest BCUT2D eigenvalue weighted by atomic mass is 10.1. The summed E-state index contributed by atoms with van der Waals surface area (Å²) in [6.45, 7) is 1.94. The van der Waals surface area contributed by atoms with Gasteiger partial charge >= 0.3 is 0 Å². The highest BCUT2D eigenvalue weighted by molar-refractivity contribution is 7.99. The first kappa shape index (κ1) is 18.7. The van der Waals surface area contributed by atoms with Crippen molar-refractivity contribution < 1.29 is 13.6 Å². The summed E-state index contributed by atoms with van der Waals surface area (Å²) in [5, 5.41) is 6.34. The van der Waals surface area contributed by atoms with Gasteiger partial charge in [0.2, 0.25) is 5.91 Å². The topological polar surface area (TPSA) is 41.1 Å². The van der Waals surface area contributed by atoms with E-state index in [-0.39, 0.29) is 18.5 Å². The Bertz CT molecular complexity index is 700. The predicted octanol–water partition coefficient (Wildman–Crippen LogP) is 4.94. The summed E-state index contributed by atoms with van der Waals surface area (Å²) in [5.41, 5.74) is 1.26. The SMILES string of the molecule is C[C@H](NCC(=O)Nc1ccccc1SC(F)F)c1ccccc1Cl. The Morgan fingerprint density at radius 1 is 1.17 bits per heavy atom. The van der Waals surface area contributed by atoms with Gasteiger partial charge in [0, 0.05) is 16.0 Å². The van der Waals surface area contributed by atoms with Crippen molar-refractivity contribution in [2.75, 3.05) is 11.9 Å². The fourth-order valence-electron chi connectivity index (χ4n) is 2.15. The van der Waals surface area contributed by atoms with Gasteiger partial charge in [-0.25, -0.2) is 0 Å². The maximum Gasteiger partial charge on any atom is 0.288 e. The van der Waals surface area contributed by atoms with E-state index in [1.807, 2.05) is 25.1 Å². The van der Waals surface area contributed by atoms with Crippen LogP contribution in [0.1, 0.15) is 18.5 Å². The fraction of sp³-hybridized carbons (Fsp3) is 0.235. The molecule has 0 aliphatic carbocycles. The number of rotatable bonds is 7. The molecule has 3 nitrogen and oxygen atoms in total. The summed E-state index contributed by atoms with van der Waals surface area (Å²) in [5.74, 6) is -2.85. The molecule has 0 radical (unpaired) electrons. The standard InChI is InChI=1S/C17H17ClF2N2OS/c1-11(12-6-2-3-7-13(12)18)21-10-16(23)22-14-8-4-5-9-15(14)24-17(19)20/h2-9,11,17,21H,10H2,1H3,(H,22,23)/t11-/m0/s1. The molecule has 0 fully saturated rings. The van der Waals surface area contributed by atoms with E-state index >= 15 is 0 Å². The minimum Gasteiger partial charge on any atom is -0.324 e. The summed E-state index contributed by atoms with van der Waals surface area (Å²) in [6.07, 6.45) is 0. The van der Waals surface area contributed by atoms with Crippen LogP contribution in [0.15, 0.2) is 53.4 Å². The molecule has 0 heterocycles. The summed E-state index contributed by atoms with van der Waals surface area (Å²) in [6, 6.07) is 13.7. The molecule has 2 aromatic carbocycles. The molecule has 0 aromatic heterocycles. The van der Waals surface area contributed by atoms with Crippen molar-refractivity contribution in [3.8, 4) is 0 Å². The van der Waals surface area contributed by atoms with Gasteiger partial charge in [-0.15, -0.1) is 0 Å². The second-order valence-corrected chi connectivity index (χ2v) is 6.49. The molecule has 0 aliphatic rings. The zero-order chi connectivity index (χ0) is 17.5. The number of nitrogens with one attached hydrogen (secondary N) is 2. The van der Waals surface area contributed by atoms with Gasteiger partial charge in [-0.1, -0.05) is 53.7 Å². The first-order valence-electron chi connectivity index (χ1n) is 7.29. The molecule has 0 saturated carbocycles. The number of amides is 1. The van der Waals surface area contributed by atoms with Crippen molar-refractivity contribution >= 4 is 35.0 Å². The maximum absolute atomic E-state index is 12.5. The third-order valence-electron chi connectivity index (χ3n) is 3.32. The molecule has 24 heavy (non-hydrogen) atoms. The van der Waals surface area contributed by atoms with Crippen LogP contribution in [-0.2, 0) is 4.79 Å². The zero-order valence-electron chi connectivity index (χ0n) is 12.9. The van der Waals surface area contributed by atoms with Crippen molar-refractivity contribution in [2.24, 2.45) is 0 Å². The smallest absolute Gasteiger partial charge is 0.288 e. The second kappa shape index (κ2) is 9.01. The Balaban J connectivity index is 1.93. The molecule has 0 unspecified atom stereocenters. The zero-order valence-corrected chi connectivity index (χ0v) is 14.5. The Kier molecular flexibility index (Phi) is 7.02. The lowest BCUT2D eigenvalue weighted by Crippen LogP contribution is -2.30. The third-order valence-corrected chi connectivity index (χ3v) is 4.45. The van der Waals surface area contributed by atoms with Gasteiger partial charge in [-0.3, -0.25) is 4.79 Å². The average molecular weight is 371 g/mol. The van der Waals surface area contributed by atoms with Gasteiger partial charge in [-0.2, -0.15) is 8.78 Å². The second-order valence-electron chi connectivity index (χ2n) is 5.05. The average Bonchev–Trinajstić information content (AvgIpc) is 2.54. The highest BCUT2D eigenvalue weighted by Crippen LogP contribution is 2.31. The van der Waals surface area contributed by atoms with E-state index in [1.165, 1.54) is 0 Å². The van der Waals surface area contributed by atoms with Crippen LogP contribution in [0.25, 0.3) is 0 Å². The first-order chi connectivity index (χ1) is 11.5. The van der Waals surface area contributed by atoms with Gasteiger partial charge < -0.3 is 10.6 Å². The Labute approximate surface area is 148 Å². The van der Waals surface area contributed by atoms with Crippen LogP contribution >= 0.6 is 23.4 Å². The van der Waals surface area contributed by atoms with E-state index in [0.29, 0.717) is 27.4 Å². The normalized spacial score (nSPS) is 12.2. The van der Waals surface area contributed by atoms with Crippen molar-refractivity contribution in [3.63, 3.8) is 0 Å². The largest absolute Gasteiger partial charge is 0.324 e. The third kappa shape index (κ3) is 5.47. The molecule has 0 aliphatic heterocycles. The number of carbonyl (C=O) groups is 1. The summed E-state index contributed by atoms with van der Waals surface area (Å²) < 4.78 is 25.1. The van der Waals surface area contributed by atoms with Gasteiger partial charge in [-0.05, 0) is 30.7 Å². The molecule has 1 amide bonds. The van der Waals surface area contributed by atoms with E-state index in [4.69, 9.17) is 11.6 Å². The van der Waals surface area contributed by atoms with Gasteiger partial charge in [0.15, 0.2) is 0 Å². The number of thioether (sulfide) groups is 1. The van der Waals surface area contributed by atoms with Crippen LogP contribution in [0, 0.1) is 0 Å². The number of carbonyl (C=O) groups excluding carboxylic acids is 1. The van der Waals surface area contributed by atoms with Gasteiger partial charge in [0.05, 0.1) is 12.2 Å². The number of benzene rings is 2. The van der Waals surface area contributed by atoms with Crippen molar-refractivity contribution in [1.82, 2.24) is 5.32 Å². The van der Waals surface area contributed by atoms with Crippen molar-refractivity contribution in [1.29, 1.82) is 0 Å². The Hall–Kier alpha value is -1.63. The molecule has 2 N–H and O–H groups in total. The minimum absolute atomic E-state index is 0.0417. The number of anilines is 1. The molecule has 0 spiro atoms. The lowest BCUT2D eigenvalue weighted by Gasteiger charge is -2.16.